The lowest BCUT2D eigenvalue weighted by Gasteiger charge is -2.11. The van der Waals surface area contributed by atoms with Gasteiger partial charge in [0, 0.05) is 6.26 Å². The van der Waals surface area contributed by atoms with Crippen molar-refractivity contribution >= 4 is 15.5 Å². The Balaban J connectivity index is 2.39. The van der Waals surface area contributed by atoms with E-state index in [0.717, 1.165) is 6.26 Å². The molecule has 0 heterocycles. The zero-order chi connectivity index (χ0) is 14.8. The third-order valence-electron chi connectivity index (χ3n) is 2.73. The second-order valence-electron chi connectivity index (χ2n) is 4.35. The number of sulfone groups is 1. The average Bonchev–Trinajstić information content (AvgIpc) is 2.40. The lowest BCUT2D eigenvalue weighted by Crippen LogP contribution is -2.03. The molecule has 2 rings (SSSR count). The summed E-state index contributed by atoms with van der Waals surface area (Å²) in [6, 6.07) is 11.4. The largest absolute Gasteiger partial charge is 0.455 e. The summed E-state index contributed by atoms with van der Waals surface area (Å²) >= 11 is 0. The lowest BCUT2D eigenvalue weighted by molar-refractivity contribution is 0.281. The van der Waals surface area contributed by atoms with Crippen LogP contribution in [0.4, 0.5) is 5.69 Å². The van der Waals surface area contributed by atoms with Gasteiger partial charge in [0.25, 0.3) is 0 Å². The second kappa shape index (κ2) is 5.52. The molecule has 0 amide bonds. The fourth-order valence-corrected chi connectivity index (χ4v) is 2.60. The molecule has 0 aliphatic carbocycles. The molecular formula is C14H15NO4S. The van der Waals surface area contributed by atoms with E-state index in [0.29, 0.717) is 11.3 Å². The zero-order valence-corrected chi connectivity index (χ0v) is 11.7. The van der Waals surface area contributed by atoms with Crippen molar-refractivity contribution in [2.75, 3.05) is 12.0 Å². The van der Waals surface area contributed by atoms with Crippen molar-refractivity contribution in [3.63, 3.8) is 0 Å². The molecule has 2 aromatic carbocycles. The van der Waals surface area contributed by atoms with Crippen LogP contribution in [0.2, 0.25) is 0 Å². The maximum absolute atomic E-state index is 11.6. The molecule has 0 saturated carbocycles. The molecule has 0 aliphatic rings. The van der Waals surface area contributed by atoms with E-state index in [1.165, 1.54) is 6.07 Å². The Hall–Kier alpha value is -2.05. The van der Waals surface area contributed by atoms with Crippen molar-refractivity contribution in [3.8, 4) is 11.5 Å². The molecule has 0 atom stereocenters. The topological polar surface area (TPSA) is 89.6 Å². The summed E-state index contributed by atoms with van der Waals surface area (Å²) in [5, 5.41) is 9.07. The molecule has 20 heavy (non-hydrogen) atoms. The van der Waals surface area contributed by atoms with Gasteiger partial charge >= 0.3 is 0 Å². The maximum atomic E-state index is 11.6. The summed E-state index contributed by atoms with van der Waals surface area (Å²) in [5.74, 6) is 0.747. The zero-order valence-electron chi connectivity index (χ0n) is 10.9. The van der Waals surface area contributed by atoms with E-state index in [1.54, 1.807) is 36.4 Å². The van der Waals surface area contributed by atoms with Gasteiger partial charge in [0.1, 0.15) is 5.75 Å². The fraction of sp³-hybridized carbons (Fsp3) is 0.143. The molecule has 6 heteroatoms. The van der Waals surface area contributed by atoms with Crippen LogP contribution >= 0.6 is 0 Å². The monoisotopic (exact) mass is 293 g/mol. The van der Waals surface area contributed by atoms with Gasteiger partial charge in [0.05, 0.1) is 17.2 Å². The summed E-state index contributed by atoms with van der Waals surface area (Å²) in [6.45, 7) is -0.101. The molecular weight excluding hydrogens is 278 g/mol. The lowest BCUT2D eigenvalue weighted by atomic mass is 10.2. The minimum Gasteiger partial charge on any atom is -0.455 e. The average molecular weight is 293 g/mol. The number of benzene rings is 2. The van der Waals surface area contributed by atoms with Crippen LogP contribution in [0.3, 0.4) is 0 Å². The van der Waals surface area contributed by atoms with E-state index in [-0.39, 0.29) is 22.9 Å². The maximum Gasteiger partial charge on any atom is 0.177 e. The van der Waals surface area contributed by atoms with E-state index in [9.17, 15) is 8.42 Å². The number of nitrogen functional groups attached to an aromatic ring is 1. The molecule has 106 valence electrons. The van der Waals surface area contributed by atoms with E-state index < -0.39 is 9.84 Å². The van der Waals surface area contributed by atoms with E-state index in [1.807, 2.05) is 0 Å². The van der Waals surface area contributed by atoms with Crippen molar-refractivity contribution in [1.82, 2.24) is 0 Å². The molecule has 0 aromatic heterocycles. The van der Waals surface area contributed by atoms with Crippen LogP contribution in [0.5, 0.6) is 11.5 Å². The first kappa shape index (κ1) is 14.4. The molecule has 0 aliphatic heterocycles. The second-order valence-corrected chi connectivity index (χ2v) is 6.33. The van der Waals surface area contributed by atoms with Gasteiger partial charge in [0.2, 0.25) is 0 Å². The Bertz CT molecular complexity index is 726. The van der Waals surface area contributed by atoms with Crippen LogP contribution in [-0.4, -0.2) is 19.8 Å². The van der Waals surface area contributed by atoms with Crippen LogP contribution in [0, 0.1) is 0 Å². The number of anilines is 1. The number of para-hydroxylation sites is 1. The van der Waals surface area contributed by atoms with Crippen LogP contribution < -0.4 is 10.5 Å². The molecule has 0 bridgehead atoms. The SMILES string of the molecule is CS(=O)(=O)c1cccc(Oc2cccc(CO)c2)c1N. The number of aliphatic hydroxyl groups excluding tert-OH is 1. The van der Waals surface area contributed by atoms with Crippen molar-refractivity contribution in [3.05, 3.63) is 48.0 Å². The van der Waals surface area contributed by atoms with E-state index in [2.05, 4.69) is 0 Å². The highest BCUT2D eigenvalue weighted by Gasteiger charge is 2.15. The Morgan fingerprint density at radius 3 is 2.55 bits per heavy atom. The van der Waals surface area contributed by atoms with Gasteiger partial charge in [0.15, 0.2) is 15.6 Å². The number of rotatable bonds is 4. The van der Waals surface area contributed by atoms with Gasteiger partial charge in [-0.1, -0.05) is 18.2 Å². The summed E-state index contributed by atoms with van der Waals surface area (Å²) in [4.78, 5) is 0.0355. The minimum atomic E-state index is -3.41. The highest BCUT2D eigenvalue weighted by Crippen LogP contribution is 2.32. The standard InChI is InChI=1S/C14H15NO4S/c1-20(17,18)13-7-3-6-12(14(13)15)19-11-5-2-4-10(8-11)9-16/h2-8,16H,9,15H2,1H3. The predicted molar refractivity (Wildman–Crippen MR) is 76.4 cm³/mol. The Kier molecular flexibility index (Phi) is 3.96. The van der Waals surface area contributed by atoms with E-state index >= 15 is 0 Å². The smallest absolute Gasteiger partial charge is 0.177 e. The quantitative estimate of drug-likeness (QED) is 0.841. The number of nitrogens with two attached hydrogens (primary N) is 1. The molecule has 0 saturated heterocycles. The van der Waals surface area contributed by atoms with Crippen LogP contribution in [-0.2, 0) is 16.4 Å². The highest BCUT2D eigenvalue weighted by molar-refractivity contribution is 7.90. The molecule has 2 aromatic rings. The van der Waals surface area contributed by atoms with E-state index in [4.69, 9.17) is 15.6 Å². The minimum absolute atomic E-state index is 0.0355. The third kappa shape index (κ3) is 3.09. The number of aliphatic hydroxyl groups is 1. The summed E-state index contributed by atoms with van der Waals surface area (Å²) in [5.41, 5.74) is 6.60. The highest BCUT2D eigenvalue weighted by atomic mass is 32.2. The van der Waals surface area contributed by atoms with Gasteiger partial charge in [-0.15, -0.1) is 0 Å². The molecule has 0 unspecified atom stereocenters. The fourth-order valence-electron chi connectivity index (χ4n) is 1.77. The summed E-state index contributed by atoms with van der Waals surface area (Å²) in [7, 11) is -3.41. The van der Waals surface area contributed by atoms with Crippen LogP contribution in [0.15, 0.2) is 47.4 Å². The van der Waals surface area contributed by atoms with Gasteiger partial charge < -0.3 is 15.6 Å². The van der Waals surface area contributed by atoms with Gasteiger partial charge in [-0.2, -0.15) is 0 Å². The molecule has 0 spiro atoms. The van der Waals surface area contributed by atoms with Crippen LogP contribution in [0.25, 0.3) is 0 Å². The van der Waals surface area contributed by atoms with Crippen molar-refractivity contribution < 1.29 is 18.3 Å². The molecule has 0 radical (unpaired) electrons. The molecule has 5 nitrogen and oxygen atoms in total. The predicted octanol–water partition coefficient (Wildman–Crippen LogP) is 1.96. The molecule has 3 N–H and O–H groups in total. The normalized spacial score (nSPS) is 11.3. The van der Waals surface area contributed by atoms with Gasteiger partial charge in [-0.05, 0) is 29.8 Å². The first-order valence-corrected chi connectivity index (χ1v) is 7.77. The Morgan fingerprint density at radius 2 is 1.90 bits per heavy atom. The number of hydrogen-bond acceptors (Lipinski definition) is 5. The summed E-state index contributed by atoms with van der Waals surface area (Å²) in [6.07, 6.45) is 1.09. The third-order valence-corrected chi connectivity index (χ3v) is 3.89. The van der Waals surface area contributed by atoms with Crippen LogP contribution in [0.1, 0.15) is 5.56 Å². The first-order valence-electron chi connectivity index (χ1n) is 5.88. The Labute approximate surface area is 117 Å². The van der Waals surface area contributed by atoms with Gasteiger partial charge in [-0.25, -0.2) is 8.42 Å². The summed E-state index contributed by atoms with van der Waals surface area (Å²) < 4.78 is 28.8. The number of hydrogen-bond donors (Lipinski definition) is 2. The number of ether oxygens (including phenoxy) is 1. The molecule has 0 fully saturated rings. The van der Waals surface area contributed by atoms with Gasteiger partial charge in [-0.3, -0.25) is 0 Å². The van der Waals surface area contributed by atoms with Crippen molar-refractivity contribution in [2.24, 2.45) is 0 Å². The first-order chi connectivity index (χ1) is 9.41. The Morgan fingerprint density at radius 1 is 1.20 bits per heavy atom. The van der Waals surface area contributed by atoms with Crippen molar-refractivity contribution in [2.45, 2.75) is 11.5 Å². The van der Waals surface area contributed by atoms with Crippen molar-refractivity contribution in [1.29, 1.82) is 0 Å².